The van der Waals surface area contributed by atoms with Crippen molar-refractivity contribution in [3.8, 4) is 11.5 Å². The minimum atomic E-state index is -0.171. The zero-order valence-corrected chi connectivity index (χ0v) is 10.8. The summed E-state index contributed by atoms with van der Waals surface area (Å²) in [5.74, 6) is -0.323. The SMILES string of the molecule is Oc1ccc(/C=N\NCc2ccccc2Cl)cc1O. The molecule has 0 bridgehead atoms. The van der Waals surface area contributed by atoms with Crippen LogP contribution in [0.5, 0.6) is 11.5 Å². The lowest BCUT2D eigenvalue weighted by Crippen LogP contribution is -2.05. The highest BCUT2D eigenvalue weighted by Crippen LogP contribution is 2.23. The third kappa shape index (κ3) is 3.63. The van der Waals surface area contributed by atoms with Gasteiger partial charge in [0.05, 0.1) is 12.8 Å². The number of nitrogens with one attached hydrogen (secondary N) is 1. The zero-order chi connectivity index (χ0) is 13.7. The van der Waals surface area contributed by atoms with E-state index in [0.717, 1.165) is 5.56 Å². The van der Waals surface area contributed by atoms with Crippen molar-refractivity contribution in [2.75, 3.05) is 0 Å². The lowest BCUT2D eigenvalue weighted by Gasteiger charge is -2.03. The standard InChI is InChI=1S/C14H13ClN2O2/c15-12-4-2-1-3-11(12)9-17-16-8-10-5-6-13(18)14(19)7-10/h1-8,17-19H,9H2/b16-8-. The zero-order valence-electron chi connectivity index (χ0n) is 10.0. The maximum atomic E-state index is 9.32. The van der Waals surface area contributed by atoms with Crippen molar-refractivity contribution in [2.45, 2.75) is 6.54 Å². The minimum Gasteiger partial charge on any atom is -0.504 e. The number of aromatic hydroxyl groups is 2. The van der Waals surface area contributed by atoms with Crippen LogP contribution >= 0.6 is 11.6 Å². The van der Waals surface area contributed by atoms with Crippen molar-refractivity contribution in [2.24, 2.45) is 5.10 Å². The summed E-state index contributed by atoms with van der Waals surface area (Å²) in [4.78, 5) is 0. The molecule has 5 heteroatoms. The van der Waals surface area contributed by atoms with Gasteiger partial charge in [-0.2, -0.15) is 5.10 Å². The largest absolute Gasteiger partial charge is 0.504 e. The molecule has 2 rings (SSSR count). The molecule has 0 saturated carbocycles. The maximum absolute atomic E-state index is 9.32. The average Bonchev–Trinajstić information content (AvgIpc) is 2.40. The first-order chi connectivity index (χ1) is 9.16. The van der Waals surface area contributed by atoms with E-state index in [2.05, 4.69) is 10.5 Å². The van der Waals surface area contributed by atoms with E-state index in [1.807, 2.05) is 24.3 Å². The van der Waals surface area contributed by atoms with Crippen molar-refractivity contribution >= 4 is 17.8 Å². The molecule has 4 nitrogen and oxygen atoms in total. The van der Waals surface area contributed by atoms with Crippen LogP contribution in [0.3, 0.4) is 0 Å². The molecule has 98 valence electrons. The molecular formula is C14H13ClN2O2. The Morgan fingerprint density at radius 2 is 1.89 bits per heavy atom. The van der Waals surface area contributed by atoms with Crippen LogP contribution < -0.4 is 5.43 Å². The second-order valence-electron chi connectivity index (χ2n) is 3.93. The van der Waals surface area contributed by atoms with Crippen LogP contribution in [0.1, 0.15) is 11.1 Å². The average molecular weight is 277 g/mol. The van der Waals surface area contributed by atoms with Gasteiger partial charge in [-0.3, -0.25) is 0 Å². The van der Waals surface area contributed by atoms with Gasteiger partial charge >= 0.3 is 0 Å². The van der Waals surface area contributed by atoms with Crippen LogP contribution in [0.2, 0.25) is 5.02 Å². The summed E-state index contributed by atoms with van der Waals surface area (Å²) in [7, 11) is 0. The van der Waals surface area contributed by atoms with Gasteiger partial charge in [0, 0.05) is 5.02 Å². The molecule has 0 saturated heterocycles. The summed E-state index contributed by atoms with van der Waals surface area (Å²) < 4.78 is 0. The van der Waals surface area contributed by atoms with Gasteiger partial charge in [-0.1, -0.05) is 29.8 Å². The van der Waals surface area contributed by atoms with E-state index < -0.39 is 0 Å². The normalized spacial score (nSPS) is 10.8. The fourth-order valence-electron chi connectivity index (χ4n) is 1.51. The van der Waals surface area contributed by atoms with E-state index in [9.17, 15) is 5.11 Å². The highest BCUT2D eigenvalue weighted by molar-refractivity contribution is 6.31. The molecule has 0 aliphatic carbocycles. The van der Waals surface area contributed by atoms with Crippen LogP contribution in [0, 0.1) is 0 Å². The number of hydrogen-bond acceptors (Lipinski definition) is 4. The number of rotatable bonds is 4. The van der Waals surface area contributed by atoms with E-state index >= 15 is 0 Å². The molecule has 0 unspecified atom stereocenters. The molecule has 0 aliphatic rings. The van der Waals surface area contributed by atoms with E-state index in [0.29, 0.717) is 17.1 Å². The molecule has 0 aliphatic heterocycles. The predicted molar refractivity (Wildman–Crippen MR) is 75.7 cm³/mol. The summed E-state index contributed by atoms with van der Waals surface area (Å²) in [5.41, 5.74) is 4.50. The summed E-state index contributed by atoms with van der Waals surface area (Å²) in [6.07, 6.45) is 1.55. The molecule has 0 atom stereocenters. The van der Waals surface area contributed by atoms with E-state index in [4.69, 9.17) is 16.7 Å². The second-order valence-corrected chi connectivity index (χ2v) is 4.34. The molecule has 2 aromatic rings. The number of halogens is 1. The third-order valence-corrected chi connectivity index (χ3v) is 2.90. The molecule has 0 aromatic heterocycles. The highest BCUT2D eigenvalue weighted by atomic mass is 35.5. The first-order valence-corrected chi connectivity index (χ1v) is 6.06. The molecule has 0 spiro atoms. The van der Waals surface area contributed by atoms with Crippen molar-refractivity contribution in [3.05, 3.63) is 58.6 Å². The number of phenols is 2. The van der Waals surface area contributed by atoms with Gasteiger partial charge in [0.1, 0.15) is 0 Å². The van der Waals surface area contributed by atoms with Gasteiger partial charge in [0.15, 0.2) is 11.5 Å². The molecule has 19 heavy (non-hydrogen) atoms. The Balaban J connectivity index is 1.93. The third-order valence-electron chi connectivity index (χ3n) is 2.53. The molecule has 3 N–H and O–H groups in total. The molecule has 0 radical (unpaired) electrons. The molecule has 2 aromatic carbocycles. The van der Waals surface area contributed by atoms with E-state index in [1.165, 1.54) is 12.1 Å². The quantitative estimate of drug-likeness (QED) is 0.457. The Morgan fingerprint density at radius 1 is 1.11 bits per heavy atom. The van der Waals surface area contributed by atoms with Crippen LogP contribution in [-0.2, 0) is 6.54 Å². The van der Waals surface area contributed by atoms with Gasteiger partial charge in [-0.15, -0.1) is 0 Å². The Kier molecular flexibility index (Phi) is 4.26. The Hall–Kier alpha value is -2.20. The number of benzene rings is 2. The maximum Gasteiger partial charge on any atom is 0.158 e. The van der Waals surface area contributed by atoms with Crippen molar-refractivity contribution < 1.29 is 10.2 Å². The van der Waals surface area contributed by atoms with Crippen LogP contribution in [0.4, 0.5) is 0 Å². The van der Waals surface area contributed by atoms with Gasteiger partial charge in [-0.25, -0.2) is 0 Å². The van der Waals surface area contributed by atoms with Crippen LogP contribution in [-0.4, -0.2) is 16.4 Å². The monoisotopic (exact) mass is 276 g/mol. The number of hydrogen-bond donors (Lipinski definition) is 3. The smallest absolute Gasteiger partial charge is 0.158 e. The lowest BCUT2D eigenvalue weighted by atomic mass is 10.2. The van der Waals surface area contributed by atoms with Gasteiger partial charge in [0.2, 0.25) is 0 Å². The van der Waals surface area contributed by atoms with Gasteiger partial charge in [-0.05, 0) is 35.4 Å². The molecular weight excluding hydrogens is 264 g/mol. The summed E-state index contributed by atoms with van der Waals surface area (Å²) in [6, 6.07) is 12.0. The van der Waals surface area contributed by atoms with Gasteiger partial charge in [0.25, 0.3) is 0 Å². The van der Waals surface area contributed by atoms with Crippen LogP contribution in [0.15, 0.2) is 47.6 Å². The number of nitrogens with zero attached hydrogens (tertiary/aromatic N) is 1. The molecule has 0 heterocycles. The molecule has 0 amide bonds. The molecule has 0 fully saturated rings. The van der Waals surface area contributed by atoms with Crippen LogP contribution in [0.25, 0.3) is 0 Å². The summed E-state index contributed by atoms with van der Waals surface area (Å²) >= 11 is 6.01. The Morgan fingerprint density at radius 3 is 2.63 bits per heavy atom. The highest BCUT2D eigenvalue weighted by Gasteiger charge is 1.99. The summed E-state index contributed by atoms with van der Waals surface area (Å²) in [5, 5.41) is 23.2. The van der Waals surface area contributed by atoms with E-state index in [1.54, 1.807) is 12.3 Å². The Labute approximate surface area is 116 Å². The lowest BCUT2D eigenvalue weighted by molar-refractivity contribution is 0.403. The van der Waals surface area contributed by atoms with Crippen molar-refractivity contribution in [1.82, 2.24) is 5.43 Å². The van der Waals surface area contributed by atoms with Gasteiger partial charge < -0.3 is 15.6 Å². The first kappa shape index (κ1) is 13.2. The predicted octanol–water partition coefficient (Wildman–Crippen LogP) is 2.87. The fourth-order valence-corrected chi connectivity index (χ4v) is 1.72. The summed E-state index contributed by atoms with van der Waals surface area (Å²) in [6.45, 7) is 0.514. The Bertz CT molecular complexity index is 600. The second kappa shape index (κ2) is 6.11. The van der Waals surface area contributed by atoms with Crippen molar-refractivity contribution in [1.29, 1.82) is 0 Å². The van der Waals surface area contributed by atoms with Crippen molar-refractivity contribution in [3.63, 3.8) is 0 Å². The number of phenolic OH excluding ortho intramolecular Hbond substituents is 2. The number of hydrazone groups is 1. The minimum absolute atomic E-state index is 0.152. The fraction of sp³-hybridized carbons (Fsp3) is 0.0714. The first-order valence-electron chi connectivity index (χ1n) is 5.68. The van der Waals surface area contributed by atoms with E-state index in [-0.39, 0.29) is 11.5 Å². The topological polar surface area (TPSA) is 64.9 Å².